The normalized spacial score (nSPS) is 12.3. The van der Waals surface area contributed by atoms with E-state index >= 15 is 0 Å². The van der Waals surface area contributed by atoms with Gasteiger partial charge in [0.25, 0.3) is 0 Å². The molecular weight excluding hydrogens is 364 g/mol. The number of thioether (sulfide) groups is 1. The number of aryl methyl sites for hydroxylation is 1. The second-order valence-corrected chi connectivity index (χ2v) is 7.54. The fraction of sp³-hybridized carbons (Fsp3) is 0.368. The predicted molar refractivity (Wildman–Crippen MR) is 104 cm³/mol. The summed E-state index contributed by atoms with van der Waals surface area (Å²) in [7, 11) is 1.78. The predicted octanol–water partition coefficient (Wildman–Crippen LogP) is 3.07. The number of hydrogen-bond donors (Lipinski definition) is 1. The van der Waals surface area contributed by atoms with Gasteiger partial charge in [-0.1, -0.05) is 30.0 Å². The van der Waals surface area contributed by atoms with E-state index in [1.165, 1.54) is 11.8 Å². The number of aromatic nitrogens is 4. The molecule has 27 heavy (non-hydrogen) atoms. The van der Waals surface area contributed by atoms with E-state index in [2.05, 4.69) is 15.2 Å². The molecule has 2 aromatic heterocycles. The number of nitrogens with one attached hydrogen (secondary N) is 1. The average molecular weight is 386 g/mol. The smallest absolute Gasteiger partial charge is 0.313 e. The first-order chi connectivity index (χ1) is 12.9. The van der Waals surface area contributed by atoms with Gasteiger partial charge >= 0.3 is 5.97 Å². The summed E-state index contributed by atoms with van der Waals surface area (Å²) in [5.74, 6) is 0.201. The van der Waals surface area contributed by atoms with E-state index in [0.29, 0.717) is 23.2 Å². The van der Waals surface area contributed by atoms with E-state index < -0.39 is 0 Å². The van der Waals surface area contributed by atoms with Crippen LogP contribution in [0.4, 0.5) is 0 Å². The molecule has 2 heterocycles. The minimum Gasteiger partial charge on any atom is -0.466 e. The highest BCUT2D eigenvalue weighted by atomic mass is 32.2. The van der Waals surface area contributed by atoms with E-state index in [1.807, 2.05) is 38.1 Å². The topological polar surface area (TPSA) is 89.9 Å². The molecule has 0 amide bonds. The summed E-state index contributed by atoms with van der Waals surface area (Å²) >= 11 is 1.33. The fourth-order valence-corrected chi connectivity index (χ4v) is 3.84. The number of nitrogens with zero attached hydrogens (tertiary/aromatic N) is 3. The number of fused-ring (bicyclic) bond motifs is 1. The van der Waals surface area contributed by atoms with Crippen LogP contribution in [0.2, 0.25) is 0 Å². The van der Waals surface area contributed by atoms with E-state index in [1.54, 1.807) is 18.5 Å². The van der Waals surface area contributed by atoms with Gasteiger partial charge < -0.3 is 14.3 Å². The van der Waals surface area contributed by atoms with E-state index in [9.17, 15) is 9.59 Å². The third kappa shape index (κ3) is 3.90. The molecule has 0 bridgehead atoms. The van der Waals surface area contributed by atoms with Crippen LogP contribution in [-0.4, -0.2) is 43.4 Å². The Morgan fingerprint density at radius 3 is 2.78 bits per heavy atom. The van der Waals surface area contributed by atoms with Crippen LogP contribution in [0.15, 0.2) is 29.4 Å². The highest BCUT2D eigenvalue weighted by Crippen LogP contribution is 2.29. The Morgan fingerprint density at radius 1 is 1.30 bits per heavy atom. The highest BCUT2D eigenvalue weighted by molar-refractivity contribution is 8.00. The van der Waals surface area contributed by atoms with Gasteiger partial charge in [0.1, 0.15) is 12.2 Å². The average Bonchev–Trinajstić information content (AvgIpc) is 3.14. The maximum Gasteiger partial charge on any atom is 0.313 e. The molecule has 0 saturated heterocycles. The third-order valence-corrected chi connectivity index (χ3v) is 5.46. The van der Waals surface area contributed by atoms with Crippen LogP contribution in [0.25, 0.3) is 10.9 Å². The summed E-state index contributed by atoms with van der Waals surface area (Å²) in [6.45, 7) is 5.85. The number of ether oxygens (including phenoxy) is 1. The largest absolute Gasteiger partial charge is 0.466 e. The first kappa shape index (κ1) is 19.2. The van der Waals surface area contributed by atoms with Crippen LogP contribution in [-0.2, 0) is 23.0 Å². The van der Waals surface area contributed by atoms with Crippen molar-refractivity contribution in [1.29, 1.82) is 0 Å². The number of carbonyl (C=O) groups is 2. The van der Waals surface area contributed by atoms with Crippen molar-refractivity contribution in [1.82, 2.24) is 19.7 Å². The second kappa shape index (κ2) is 7.96. The third-order valence-electron chi connectivity index (χ3n) is 4.32. The van der Waals surface area contributed by atoms with Crippen molar-refractivity contribution in [2.75, 3.05) is 6.61 Å². The van der Waals surface area contributed by atoms with E-state index in [4.69, 9.17) is 4.74 Å². The molecule has 1 N–H and O–H groups in total. The minimum atomic E-state index is -0.346. The highest BCUT2D eigenvalue weighted by Gasteiger charge is 2.24. The lowest BCUT2D eigenvalue weighted by Crippen LogP contribution is -2.16. The first-order valence-corrected chi connectivity index (χ1v) is 9.62. The van der Waals surface area contributed by atoms with Crippen molar-refractivity contribution < 1.29 is 14.3 Å². The summed E-state index contributed by atoms with van der Waals surface area (Å²) < 4.78 is 6.68. The molecule has 0 radical (unpaired) electrons. The number of rotatable bonds is 7. The second-order valence-electron chi connectivity index (χ2n) is 6.23. The van der Waals surface area contributed by atoms with Crippen LogP contribution < -0.4 is 0 Å². The van der Waals surface area contributed by atoms with Gasteiger partial charge in [-0.25, -0.2) is 0 Å². The van der Waals surface area contributed by atoms with E-state index in [-0.39, 0.29) is 23.4 Å². The van der Waals surface area contributed by atoms with Gasteiger partial charge in [-0.05, 0) is 26.8 Å². The molecule has 0 fully saturated rings. The molecule has 1 atom stereocenters. The lowest BCUT2D eigenvalue weighted by atomic mass is 10.1. The molecule has 3 aromatic rings. The number of ketones is 1. The number of benzene rings is 1. The molecule has 0 aliphatic carbocycles. The molecule has 142 valence electrons. The lowest BCUT2D eigenvalue weighted by Gasteiger charge is -2.10. The Kier molecular flexibility index (Phi) is 5.65. The molecular formula is C19H22N4O3S. The van der Waals surface area contributed by atoms with Gasteiger partial charge in [0.05, 0.1) is 11.9 Å². The maximum absolute atomic E-state index is 13.1. The standard InChI is InChI=1S/C19H22N4O3S/c1-5-26-16(24)10-15-21-22-19(23(15)4)27-12(3)18(25)17-11(2)20-14-9-7-6-8-13(14)17/h6-9,12,20H,5,10H2,1-4H3. The van der Waals surface area contributed by atoms with Crippen molar-refractivity contribution in [3.05, 3.63) is 41.3 Å². The van der Waals surface area contributed by atoms with Gasteiger partial charge in [0.15, 0.2) is 10.9 Å². The van der Waals surface area contributed by atoms with Crippen molar-refractivity contribution >= 4 is 34.4 Å². The molecule has 3 rings (SSSR count). The van der Waals surface area contributed by atoms with Gasteiger partial charge in [-0.3, -0.25) is 9.59 Å². The van der Waals surface area contributed by atoms with Gasteiger partial charge in [0.2, 0.25) is 0 Å². The number of carbonyl (C=O) groups excluding carboxylic acids is 2. The number of H-pyrrole nitrogens is 1. The van der Waals surface area contributed by atoms with Gasteiger partial charge in [-0.15, -0.1) is 10.2 Å². The number of hydrogen-bond acceptors (Lipinski definition) is 6. The molecule has 1 aromatic carbocycles. The molecule has 8 heteroatoms. The Labute approximate surface area is 161 Å². The monoisotopic (exact) mass is 386 g/mol. The van der Waals surface area contributed by atoms with Gasteiger partial charge in [0, 0.05) is 29.2 Å². The molecule has 0 aliphatic rings. The molecule has 7 nitrogen and oxygen atoms in total. The Bertz CT molecular complexity index is 992. The zero-order chi connectivity index (χ0) is 19.6. The minimum absolute atomic E-state index is 0.0323. The Morgan fingerprint density at radius 2 is 2.04 bits per heavy atom. The zero-order valence-corrected chi connectivity index (χ0v) is 16.6. The van der Waals surface area contributed by atoms with Crippen LogP contribution >= 0.6 is 11.8 Å². The van der Waals surface area contributed by atoms with Crippen molar-refractivity contribution in [3.63, 3.8) is 0 Å². The number of para-hydroxylation sites is 1. The lowest BCUT2D eigenvalue weighted by molar-refractivity contribution is -0.142. The van der Waals surface area contributed by atoms with Crippen molar-refractivity contribution in [2.24, 2.45) is 7.05 Å². The zero-order valence-electron chi connectivity index (χ0n) is 15.8. The fourth-order valence-electron chi connectivity index (χ4n) is 2.95. The van der Waals surface area contributed by atoms with Crippen LogP contribution in [0, 0.1) is 6.92 Å². The molecule has 0 spiro atoms. The molecule has 0 saturated carbocycles. The van der Waals surface area contributed by atoms with Crippen LogP contribution in [0.3, 0.4) is 0 Å². The number of esters is 1. The summed E-state index contributed by atoms with van der Waals surface area (Å²) in [5.41, 5.74) is 2.51. The summed E-state index contributed by atoms with van der Waals surface area (Å²) in [6, 6.07) is 7.77. The Balaban J connectivity index is 1.78. The Hall–Kier alpha value is -2.61. The number of Topliss-reactive ketones (excluding diaryl/α,β-unsaturated/α-hetero) is 1. The quantitative estimate of drug-likeness (QED) is 0.381. The van der Waals surface area contributed by atoms with Crippen molar-refractivity contribution in [2.45, 2.75) is 37.6 Å². The first-order valence-electron chi connectivity index (χ1n) is 8.74. The molecule has 0 aliphatic heterocycles. The van der Waals surface area contributed by atoms with Gasteiger partial charge in [-0.2, -0.15) is 0 Å². The van der Waals surface area contributed by atoms with E-state index in [0.717, 1.165) is 16.6 Å². The van der Waals surface area contributed by atoms with Crippen LogP contribution in [0.1, 0.15) is 35.7 Å². The van der Waals surface area contributed by atoms with Crippen molar-refractivity contribution in [3.8, 4) is 0 Å². The molecule has 1 unspecified atom stereocenters. The van der Waals surface area contributed by atoms with Crippen LogP contribution in [0.5, 0.6) is 0 Å². The summed E-state index contributed by atoms with van der Waals surface area (Å²) in [5, 5.41) is 9.35. The number of aromatic amines is 1. The SMILES string of the molecule is CCOC(=O)Cc1nnc(SC(C)C(=O)c2c(C)[nH]c3ccccc23)n1C. The maximum atomic E-state index is 13.1. The summed E-state index contributed by atoms with van der Waals surface area (Å²) in [4.78, 5) is 28.0. The summed E-state index contributed by atoms with van der Waals surface area (Å²) in [6.07, 6.45) is 0.0573.